The van der Waals surface area contributed by atoms with Gasteiger partial charge in [0.2, 0.25) is 0 Å². The summed E-state index contributed by atoms with van der Waals surface area (Å²) in [6.45, 7) is 4.59. The van der Waals surface area contributed by atoms with Crippen molar-refractivity contribution in [3.63, 3.8) is 0 Å². The van der Waals surface area contributed by atoms with Gasteiger partial charge in [0.05, 0.1) is 12.2 Å². The van der Waals surface area contributed by atoms with E-state index >= 15 is 0 Å². The van der Waals surface area contributed by atoms with Crippen molar-refractivity contribution in [2.75, 3.05) is 5.32 Å². The van der Waals surface area contributed by atoms with E-state index in [4.69, 9.17) is 0 Å². The Bertz CT molecular complexity index is 730. The molecule has 106 valence electrons. The van der Waals surface area contributed by atoms with E-state index < -0.39 is 0 Å². The Balaban J connectivity index is 1.81. The standard InChI is InChI=1S/C16H17N5/c1-11-7-8-13(17-9-11)10-18-15-6-4-3-5-14(15)16-19-12(2)20-21-16/h3-9,18H,10H2,1-2H3,(H,19,20,21). The molecule has 0 saturated heterocycles. The molecule has 0 bridgehead atoms. The molecule has 5 heteroatoms. The van der Waals surface area contributed by atoms with E-state index in [0.29, 0.717) is 12.4 Å². The van der Waals surface area contributed by atoms with Crippen LogP contribution in [0, 0.1) is 13.8 Å². The number of aromatic nitrogens is 4. The lowest BCUT2D eigenvalue weighted by atomic mass is 10.1. The summed E-state index contributed by atoms with van der Waals surface area (Å²) in [4.78, 5) is 8.79. The molecule has 21 heavy (non-hydrogen) atoms. The van der Waals surface area contributed by atoms with Crippen molar-refractivity contribution in [2.24, 2.45) is 0 Å². The van der Waals surface area contributed by atoms with Gasteiger partial charge in [0, 0.05) is 17.4 Å². The van der Waals surface area contributed by atoms with Crippen LogP contribution in [-0.4, -0.2) is 20.2 Å². The van der Waals surface area contributed by atoms with Crippen LogP contribution in [-0.2, 0) is 6.54 Å². The van der Waals surface area contributed by atoms with Crippen molar-refractivity contribution in [2.45, 2.75) is 20.4 Å². The van der Waals surface area contributed by atoms with Crippen LogP contribution in [0.25, 0.3) is 11.4 Å². The highest BCUT2D eigenvalue weighted by atomic mass is 15.2. The van der Waals surface area contributed by atoms with E-state index in [1.54, 1.807) is 0 Å². The molecule has 2 aromatic heterocycles. The van der Waals surface area contributed by atoms with Crippen LogP contribution in [0.1, 0.15) is 17.1 Å². The number of aromatic amines is 1. The van der Waals surface area contributed by atoms with Crippen LogP contribution in [0.4, 0.5) is 5.69 Å². The normalized spacial score (nSPS) is 10.6. The molecule has 5 nitrogen and oxygen atoms in total. The molecular weight excluding hydrogens is 262 g/mol. The third-order valence-corrected chi connectivity index (χ3v) is 3.20. The zero-order valence-corrected chi connectivity index (χ0v) is 12.1. The van der Waals surface area contributed by atoms with Crippen molar-refractivity contribution in [1.82, 2.24) is 20.2 Å². The Labute approximate surface area is 123 Å². The first-order valence-electron chi connectivity index (χ1n) is 6.86. The van der Waals surface area contributed by atoms with Crippen molar-refractivity contribution in [1.29, 1.82) is 0 Å². The predicted octanol–water partition coefficient (Wildman–Crippen LogP) is 3.10. The highest BCUT2D eigenvalue weighted by molar-refractivity contribution is 5.73. The van der Waals surface area contributed by atoms with Gasteiger partial charge in [-0.05, 0) is 37.6 Å². The smallest absolute Gasteiger partial charge is 0.183 e. The molecule has 0 atom stereocenters. The number of hydrogen-bond acceptors (Lipinski definition) is 4. The first-order valence-corrected chi connectivity index (χ1v) is 6.86. The second kappa shape index (κ2) is 5.75. The summed E-state index contributed by atoms with van der Waals surface area (Å²) < 4.78 is 0. The minimum Gasteiger partial charge on any atom is -0.379 e. The van der Waals surface area contributed by atoms with Crippen molar-refractivity contribution < 1.29 is 0 Å². The summed E-state index contributed by atoms with van der Waals surface area (Å²) in [6.07, 6.45) is 1.88. The van der Waals surface area contributed by atoms with Gasteiger partial charge in [0.25, 0.3) is 0 Å². The third kappa shape index (κ3) is 3.08. The molecular formula is C16H17N5. The van der Waals surface area contributed by atoms with Crippen LogP contribution in [0.2, 0.25) is 0 Å². The Kier molecular flexibility index (Phi) is 3.64. The summed E-state index contributed by atoms with van der Waals surface area (Å²) in [7, 11) is 0. The Morgan fingerprint density at radius 2 is 1.95 bits per heavy atom. The quantitative estimate of drug-likeness (QED) is 0.770. The first kappa shape index (κ1) is 13.3. The molecule has 0 aliphatic carbocycles. The number of pyridine rings is 1. The second-order valence-electron chi connectivity index (χ2n) is 4.97. The zero-order valence-electron chi connectivity index (χ0n) is 12.1. The SMILES string of the molecule is Cc1ccc(CNc2ccccc2-c2n[nH]c(C)n2)nc1. The number of anilines is 1. The maximum absolute atomic E-state index is 4.40. The molecule has 0 aliphatic heterocycles. The molecule has 0 amide bonds. The van der Waals surface area contributed by atoms with Crippen LogP contribution < -0.4 is 5.32 Å². The molecule has 1 aromatic carbocycles. The third-order valence-electron chi connectivity index (χ3n) is 3.20. The Morgan fingerprint density at radius 3 is 2.67 bits per heavy atom. The van der Waals surface area contributed by atoms with E-state index in [1.165, 1.54) is 0 Å². The van der Waals surface area contributed by atoms with E-state index in [0.717, 1.165) is 28.3 Å². The first-order chi connectivity index (χ1) is 10.2. The maximum Gasteiger partial charge on any atom is 0.183 e. The second-order valence-corrected chi connectivity index (χ2v) is 4.97. The van der Waals surface area contributed by atoms with Gasteiger partial charge in [-0.25, -0.2) is 4.98 Å². The predicted molar refractivity (Wildman–Crippen MR) is 82.9 cm³/mol. The summed E-state index contributed by atoms with van der Waals surface area (Å²) in [5.74, 6) is 1.51. The molecule has 0 radical (unpaired) electrons. The van der Waals surface area contributed by atoms with Gasteiger partial charge >= 0.3 is 0 Å². The minimum atomic E-state index is 0.667. The van der Waals surface area contributed by atoms with Gasteiger partial charge in [-0.15, -0.1) is 0 Å². The molecule has 0 aliphatic rings. The number of hydrogen-bond donors (Lipinski definition) is 2. The summed E-state index contributed by atoms with van der Waals surface area (Å²) in [5.41, 5.74) is 4.14. The molecule has 3 aromatic rings. The molecule has 2 heterocycles. The van der Waals surface area contributed by atoms with Crippen LogP contribution >= 0.6 is 0 Å². The summed E-state index contributed by atoms with van der Waals surface area (Å²) in [6, 6.07) is 12.1. The number of H-pyrrole nitrogens is 1. The average Bonchev–Trinajstić information content (AvgIpc) is 2.93. The van der Waals surface area contributed by atoms with Crippen LogP contribution in [0.15, 0.2) is 42.6 Å². The molecule has 0 spiro atoms. The lowest BCUT2D eigenvalue weighted by molar-refractivity contribution is 1.03. The number of aryl methyl sites for hydroxylation is 2. The van der Waals surface area contributed by atoms with Gasteiger partial charge in [-0.1, -0.05) is 18.2 Å². The number of rotatable bonds is 4. The van der Waals surface area contributed by atoms with Crippen LogP contribution in [0.3, 0.4) is 0 Å². The summed E-state index contributed by atoms with van der Waals surface area (Å²) in [5, 5.41) is 10.5. The Morgan fingerprint density at radius 1 is 1.10 bits per heavy atom. The maximum atomic E-state index is 4.40. The fourth-order valence-electron chi connectivity index (χ4n) is 2.08. The molecule has 0 fully saturated rings. The minimum absolute atomic E-state index is 0.667. The van der Waals surface area contributed by atoms with Crippen LogP contribution in [0.5, 0.6) is 0 Å². The van der Waals surface area contributed by atoms with E-state index in [-0.39, 0.29) is 0 Å². The van der Waals surface area contributed by atoms with Gasteiger partial charge in [-0.2, -0.15) is 5.10 Å². The summed E-state index contributed by atoms with van der Waals surface area (Å²) >= 11 is 0. The highest BCUT2D eigenvalue weighted by Gasteiger charge is 2.08. The van der Waals surface area contributed by atoms with E-state index in [9.17, 15) is 0 Å². The number of nitrogens with zero attached hydrogens (tertiary/aromatic N) is 3. The van der Waals surface area contributed by atoms with Crippen molar-refractivity contribution in [3.05, 3.63) is 59.7 Å². The average molecular weight is 279 g/mol. The van der Waals surface area contributed by atoms with Crippen molar-refractivity contribution >= 4 is 5.69 Å². The fourth-order valence-corrected chi connectivity index (χ4v) is 2.08. The lowest BCUT2D eigenvalue weighted by Crippen LogP contribution is -2.03. The topological polar surface area (TPSA) is 66.5 Å². The largest absolute Gasteiger partial charge is 0.379 e. The van der Waals surface area contributed by atoms with E-state index in [2.05, 4.69) is 31.5 Å². The molecule has 2 N–H and O–H groups in total. The highest BCUT2D eigenvalue weighted by Crippen LogP contribution is 2.25. The van der Waals surface area contributed by atoms with Gasteiger partial charge in [0.15, 0.2) is 5.82 Å². The number of para-hydroxylation sites is 1. The molecule has 3 rings (SSSR count). The van der Waals surface area contributed by atoms with E-state index in [1.807, 2.05) is 50.4 Å². The van der Waals surface area contributed by atoms with Gasteiger partial charge < -0.3 is 5.32 Å². The number of nitrogens with one attached hydrogen (secondary N) is 2. The van der Waals surface area contributed by atoms with Crippen molar-refractivity contribution in [3.8, 4) is 11.4 Å². The number of benzene rings is 1. The van der Waals surface area contributed by atoms with Gasteiger partial charge in [0.1, 0.15) is 5.82 Å². The fraction of sp³-hybridized carbons (Fsp3) is 0.188. The lowest BCUT2D eigenvalue weighted by Gasteiger charge is -2.09. The Hall–Kier alpha value is -2.69. The molecule has 0 unspecified atom stereocenters. The monoisotopic (exact) mass is 279 g/mol. The molecule has 0 saturated carbocycles. The zero-order chi connectivity index (χ0) is 14.7. The van der Waals surface area contributed by atoms with Gasteiger partial charge in [-0.3, -0.25) is 10.1 Å².